The van der Waals surface area contributed by atoms with E-state index in [1.807, 2.05) is 0 Å². The zero-order valence-corrected chi connectivity index (χ0v) is 16.2. The van der Waals surface area contributed by atoms with Crippen molar-refractivity contribution >= 4 is 39.0 Å². The topological polar surface area (TPSA) is 92.5 Å². The zero-order valence-electron chi connectivity index (χ0n) is 15.4. The molecule has 9 heteroatoms. The Morgan fingerprint density at radius 1 is 1.18 bits per heavy atom. The molecule has 1 aromatic carbocycles. The number of anilines is 1. The first-order chi connectivity index (χ1) is 13.6. The quantitative estimate of drug-likeness (QED) is 0.496. The summed E-state index contributed by atoms with van der Waals surface area (Å²) in [6.07, 6.45) is 2.57. The number of fused-ring (bicyclic) bond motifs is 1. The molecule has 1 fully saturated rings. The number of non-ortho nitro benzene ring substituents is 1. The summed E-state index contributed by atoms with van der Waals surface area (Å²) in [4.78, 5) is 38.1. The molecule has 0 radical (unpaired) electrons. The first-order valence-corrected chi connectivity index (χ1v) is 9.90. The van der Waals surface area contributed by atoms with Gasteiger partial charge in [-0.05, 0) is 24.6 Å². The predicted octanol–water partition coefficient (Wildman–Crippen LogP) is 3.12. The average Bonchev–Trinajstić information content (AvgIpc) is 3.17. The second-order valence-corrected chi connectivity index (χ2v) is 7.68. The van der Waals surface area contributed by atoms with E-state index < -0.39 is 4.92 Å². The van der Waals surface area contributed by atoms with Crippen molar-refractivity contribution < 1.29 is 9.72 Å². The maximum atomic E-state index is 12.7. The van der Waals surface area contributed by atoms with Crippen molar-refractivity contribution in [3.63, 3.8) is 0 Å². The molecule has 28 heavy (non-hydrogen) atoms. The molecule has 0 saturated carbocycles. The summed E-state index contributed by atoms with van der Waals surface area (Å²) in [5.74, 6) is 0.814. The van der Waals surface area contributed by atoms with Gasteiger partial charge in [0.05, 0.1) is 10.3 Å². The number of nitro groups is 1. The van der Waals surface area contributed by atoms with Gasteiger partial charge in [-0.2, -0.15) is 0 Å². The summed E-state index contributed by atoms with van der Waals surface area (Å²) in [5, 5.41) is 11.8. The summed E-state index contributed by atoms with van der Waals surface area (Å²) in [6.45, 7) is 4.64. The number of aromatic nitrogens is 2. The van der Waals surface area contributed by atoms with E-state index in [0.717, 1.165) is 22.5 Å². The molecule has 1 aliphatic rings. The van der Waals surface area contributed by atoms with Crippen LogP contribution in [-0.4, -0.2) is 51.9 Å². The van der Waals surface area contributed by atoms with Crippen molar-refractivity contribution in [2.24, 2.45) is 0 Å². The fraction of sp³-hybridized carbons (Fsp3) is 0.316. The summed E-state index contributed by atoms with van der Waals surface area (Å²) in [5.41, 5.74) is 0.449. The molecule has 1 saturated heterocycles. The number of hydrogen-bond acceptors (Lipinski definition) is 7. The molecule has 144 valence electrons. The Balaban J connectivity index is 1.46. The minimum Gasteiger partial charge on any atom is -0.352 e. The number of nitro benzene ring substituents is 1. The Labute approximate surface area is 165 Å². The monoisotopic (exact) mass is 397 g/mol. The van der Waals surface area contributed by atoms with E-state index in [2.05, 4.69) is 27.9 Å². The average molecular weight is 397 g/mol. The van der Waals surface area contributed by atoms with Crippen molar-refractivity contribution in [3.8, 4) is 0 Å². The van der Waals surface area contributed by atoms with Gasteiger partial charge in [-0.25, -0.2) is 9.97 Å². The number of nitrogens with zero attached hydrogens (tertiary/aromatic N) is 5. The second-order valence-electron chi connectivity index (χ2n) is 6.57. The maximum Gasteiger partial charge on any atom is 0.269 e. The fourth-order valence-corrected chi connectivity index (χ4v) is 4.28. The molecule has 1 amide bonds. The zero-order chi connectivity index (χ0) is 19.7. The van der Waals surface area contributed by atoms with Crippen molar-refractivity contribution in [2.45, 2.75) is 13.3 Å². The first-order valence-electron chi connectivity index (χ1n) is 9.09. The minimum atomic E-state index is -0.468. The number of carbonyl (C=O) groups excluding carboxylic acids is 1. The standard InChI is InChI=1S/C19H19N5O3S/c1-2-15-11-16-17(20-12-21-18(16)28-15)22-7-9-23(10-8-22)19(25)13-3-5-14(6-4-13)24(26)27/h3-6,11-12H,2,7-10H2,1H3. The lowest BCUT2D eigenvalue weighted by Crippen LogP contribution is -2.49. The normalized spacial score (nSPS) is 14.5. The van der Waals surface area contributed by atoms with E-state index >= 15 is 0 Å². The number of benzene rings is 1. The third-order valence-corrected chi connectivity index (χ3v) is 6.09. The van der Waals surface area contributed by atoms with E-state index in [9.17, 15) is 14.9 Å². The van der Waals surface area contributed by atoms with Gasteiger partial charge >= 0.3 is 0 Å². The van der Waals surface area contributed by atoms with Crippen LogP contribution in [0, 0.1) is 10.1 Å². The van der Waals surface area contributed by atoms with Gasteiger partial charge in [-0.15, -0.1) is 11.3 Å². The molecule has 3 heterocycles. The van der Waals surface area contributed by atoms with E-state index in [4.69, 9.17) is 0 Å². The molecular weight excluding hydrogens is 378 g/mol. The molecule has 4 rings (SSSR count). The molecule has 3 aromatic rings. The van der Waals surface area contributed by atoms with Crippen LogP contribution in [-0.2, 0) is 6.42 Å². The van der Waals surface area contributed by atoms with Crippen molar-refractivity contribution in [3.05, 3.63) is 57.2 Å². The van der Waals surface area contributed by atoms with Gasteiger partial charge < -0.3 is 9.80 Å². The third kappa shape index (κ3) is 3.40. The Bertz CT molecular complexity index is 1030. The summed E-state index contributed by atoms with van der Waals surface area (Å²) in [6, 6.07) is 7.91. The predicted molar refractivity (Wildman–Crippen MR) is 108 cm³/mol. The Morgan fingerprint density at radius 3 is 2.54 bits per heavy atom. The number of rotatable bonds is 4. The van der Waals surface area contributed by atoms with Gasteiger partial charge in [0, 0.05) is 48.8 Å². The van der Waals surface area contributed by atoms with Gasteiger partial charge in [0.15, 0.2) is 0 Å². The van der Waals surface area contributed by atoms with Gasteiger partial charge in [0.25, 0.3) is 11.6 Å². The number of amides is 1. The van der Waals surface area contributed by atoms with Crippen LogP contribution in [0.25, 0.3) is 10.2 Å². The van der Waals surface area contributed by atoms with Crippen LogP contribution in [0.5, 0.6) is 0 Å². The molecule has 2 aromatic heterocycles. The van der Waals surface area contributed by atoms with Crippen LogP contribution >= 0.6 is 11.3 Å². The Morgan fingerprint density at radius 2 is 1.89 bits per heavy atom. The number of hydrogen-bond donors (Lipinski definition) is 0. The van der Waals surface area contributed by atoms with Crippen LogP contribution in [0.3, 0.4) is 0 Å². The van der Waals surface area contributed by atoms with Crippen LogP contribution in [0.2, 0.25) is 0 Å². The number of piperazine rings is 1. The molecule has 0 aliphatic carbocycles. The molecule has 0 bridgehead atoms. The molecule has 0 atom stereocenters. The summed E-state index contributed by atoms with van der Waals surface area (Å²) in [7, 11) is 0. The summed E-state index contributed by atoms with van der Waals surface area (Å²) < 4.78 is 0. The maximum absolute atomic E-state index is 12.7. The Hall–Kier alpha value is -3.07. The lowest BCUT2D eigenvalue weighted by atomic mass is 10.1. The highest BCUT2D eigenvalue weighted by atomic mass is 32.1. The fourth-order valence-electron chi connectivity index (χ4n) is 3.35. The SMILES string of the molecule is CCc1cc2c(N3CCN(C(=O)c4ccc([N+](=O)[O-])cc4)CC3)ncnc2s1. The van der Waals surface area contributed by atoms with Gasteiger partial charge in [-0.1, -0.05) is 6.92 Å². The lowest BCUT2D eigenvalue weighted by Gasteiger charge is -2.35. The molecule has 1 aliphatic heterocycles. The van der Waals surface area contributed by atoms with Crippen molar-refractivity contribution in [1.82, 2.24) is 14.9 Å². The van der Waals surface area contributed by atoms with Crippen LogP contribution in [0.15, 0.2) is 36.7 Å². The van der Waals surface area contributed by atoms with E-state index in [1.165, 1.54) is 29.1 Å². The largest absolute Gasteiger partial charge is 0.352 e. The molecule has 8 nitrogen and oxygen atoms in total. The van der Waals surface area contributed by atoms with E-state index in [0.29, 0.717) is 31.7 Å². The molecule has 0 spiro atoms. The summed E-state index contributed by atoms with van der Waals surface area (Å²) >= 11 is 1.69. The molecule has 0 unspecified atom stereocenters. The highest BCUT2D eigenvalue weighted by Crippen LogP contribution is 2.31. The minimum absolute atomic E-state index is 0.0173. The highest BCUT2D eigenvalue weighted by Gasteiger charge is 2.24. The highest BCUT2D eigenvalue weighted by molar-refractivity contribution is 7.18. The lowest BCUT2D eigenvalue weighted by molar-refractivity contribution is -0.384. The van der Waals surface area contributed by atoms with Crippen molar-refractivity contribution in [1.29, 1.82) is 0 Å². The number of aryl methyl sites for hydroxylation is 1. The van der Waals surface area contributed by atoms with Gasteiger partial charge in [0.2, 0.25) is 0 Å². The van der Waals surface area contributed by atoms with E-state index in [-0.39, 0.29) is 11.6 Å². The van der Waals surface area contributed by atoms with Crippen LogP contribution < -0.4 is 4.90 Å². The number of thiophene rings is 1. The second kappa shape index (κ2) is 7.51. The Kier molecular flexibility index (Phi) is 4.91. The van der Waals surface area contributed by atoms with Gasteiger partial charge in [0.1, 0.15) is 17.0 Å². The van der Waals surface area contributed by atoms with Crippen LogP contribution in [0.4, 0.5) is 11.5 Å². The van der Waals surface area contributed by atoms with Crippen LogP contribution in [0.1, 0.15) is 22.2 Å². The first kappa shape index (κ1) is 18.3. The van der Waals surface area contributed by atoms with E-state index in [1.54, 1.807) is 22.6 Å². The number of carbonyl (C=O) groups is 1. The van der Waals surface area contributed by atoms with Crippen molar-refractivity contribution in [2.75, 3.05) is 31.1 Å². The third-order valence-electron chi connectivity index (χ3n) is 4.90. The van der Waals surface area contributed by atoms with Gasteiger partial charge in [-0.3, -0.25) is 14.9 Å². The molecule has 0 N–H and O–H groups in total. The smallest absolute Gasteiger partial charge is 0.269 e. The molecular formula is C19H19N5O3S.